The number of aldehydes is 1. The van der Waals surface area contributed by atoms with Crippen molar-refractivity contribution in [1.82, 2.24) is 0 Å². The third-order valence-electron chi connectivity index (χ3n) is 2.52. The van der Waals surface area contributed by atoms with Crippen molar-refractivity contribution in [2.24, 2.45) is 0 Å². The zero-order chi connectivity index (χ0) is 14.4. The van der Waals surface area contributed by atoms with E-state index >= 15 is 0 Å². The molecule has 2 aromatic rings. The molecule has 0 aliphatic carbocycles. The van der Waals surface area contributed by atoms with Crippen LogP contribution in [-0.2, 0) is 4.79 Å². The first kappa shape index (κ1) is 14.0. The average Bonchev–Trinajstić information content (AvgIpc) is 2.47. The summed E-state index contributed by atoms with van der Waals surface area (Å²) in [7, 11) is 0. The van der Waals surface area contributed by atoms with Gasteiger partial charge in [0.05, 0.1) is 0 Å². The quantitative estimate of drug-likeness (QED) is 0.372. The van der Waals surface area contributed by atoms with Crippen molar-refractivity contribution in [2.75, 3.05) is 0 Å². The molecule has 0 N–H and O–H groups in total. The molecule has 0 saturated heterocycles. The highest BCUT2D eigenvalue weighted by Gasteiger charge is 2.00. The molecule has 0 bridgehead atoms. The molecule has 2 aromatic carbocycles. The van der Waals surface area contributed by atoms with E-state index in [9.17, 15) is 9.59 Å². The summed E-state index contributed by atoms with van der Waals surface area (Å²) in [6.07, 6.45) is 3.70. The van der Waals surface area contributed by atoms with Crippen LogP contribution in [0.4, 0.5) is 0 Å². The molecule has 2 rings (SSSR count). The second-order valence-corrected chi connectivity index (χ2v) is 4.43. The lowest BCUT2D eigenvalue weighted by molar-refractivity contribution is -0.128. The molecule has 0 fully saturated rings. The zero-order valence-electron chi connectivity index (χ0n) is 10.5. The fourth-order valence-corrected chi connectivity index (χ4v) is 1.63. The van der Waals surface area contributed by atoms with E-state index < -0.39 is 5.97 Å². The number of carbonyl (C=O) groups is 2. The van der Waals surface area contributed by atoms with E-state index in [1.54, 1.807) is 54.6 Å². The molecule has 0 amide bonds. The fourth-order valence-electron chi connectivity index (χ4n) is 1.50. The molecule has 0 aliphatic heterocycles. The normalized spacial score (nSPS) is 10.4. The topological polar surface area (TPSA) is 43.4 Å². The summed E-state index contributed by atoms with van der Waals surface area (Å²) in [5.41, 5.74) is 1.38. The molecule has 0 radical (unpaired) electrons. The van der Waals surface area contributed by atoms with E-state index in [1.165, 1.54) is 6.08 Å². The molecule has 3 nitrogen and oxygen atoms in total. The van der Waals surface area contributed by atoms with E-state index in [1.807, 2.05) is 0 Å². The van der Waals surface area contributed by atoms with Crippen molar-refractivity contribution in [1.29, 1.82) is 0 Å². The van der Waals surface area contributed by atoms with Gasteiger partial charge in [-0.05, 0) is 48.0 Å². The number of esters is 1. The molecule has 0 aliphatic rings. The van der Waals surface area contributed by atoms with Gasteiger partial charge in [-0.15, -0.1) is 0 Å². The Morgan fingerprint density at radius 1 is 0.950 bits per heavy atom. The fraction of sp³-hybridized carbons (Fsp3) is 0. The first-order valence-corrected chi connectivity index (χ1v) is 6.26. The summed E-state index contributed by atoms with van der Waals surface area (Å²) in [5, 5.41) is 0.639. The Labute approximate surface area is 121 Å². The highest BCUT2D eigenvalue weighted by atomic mass is 35.5. The number of benzene rings is 2. The van der Waals surface area contributed by atoms with Crippen LogP contribution < -0.4 is 4.74 Å². The molecule has 0 unspecified atom stereocenters. The van der Waals surface area contributed by atoms with Crippen molar-refractivity contribution in [2.45, 2.75) is 0 Å². The lowest BCUT2D eigenvalue weighted by atomic mass is 10.2. The van der Waals surface area contributed by atoms with Gasteiger partial charge < -0.3 is 4.74 Å². The number of rotatable bonds is 4. The van der Waals surface area contributed by atoms with Crippen LogP contribution in [0.3, 0.4) is 0 Å². The third-order valence-corrected chi connectivity index (χ3v) is 2.77. The van der Waals surface area contributed by atoms with Crippen molar-refractivity contribution in [3.63, 3.8) is 0 Å². The van der Waals surface area contributed by atoms with Crippen molar-refractivity contribution >= 4 is 29.9 Å². The van der Waals surface area contributed by atoms with E-state index in [4.69, 9.17) is 16.3 Å². The number of hydrogen-bond acceptors (Lipinski definition) is 3. The van der Waals surface area contributed by atoms with E-state index in [0.717, 1.165) is 11.8 Å². The molecule has 100 valence electrons. The SMILES string of the molecule is O=Cc1ccc(OC(=O)/C=C/c2ccc(Cl)cc2)cc1. The zero-order valence-corrected chi connectivity index (χ0v) is 11.2. The Bertz CT molecular complexity index is 628. The van der Waals surface area contributed by atoms with Gasteiger partial charge in [-0.25, -0.2) is 4.79 Å². The molecule has 0 atom stereocenters. The first-order valence-electron chi connectivity index (χ1n) is 5.88. The molecule has 0 aromatic heterocycles. The van der Waals surface area contributed by atoms with Crippen LogP contribution in [0.15, 0.2) is 54.6 Å². The van der Waals surface area contributed by atoms with Crippen LogP contribution in [0.25, 0.3) is 6.08 Å². The Morgan fingerprint density at radius 2 is 1.55 bits per heavy atom. The van der Waals surface area contributed by atoms with Gasteiger partial charge in [0.25, 0.3) is 0 Å². The summed E-state index contributed by atoms with van der Waals surface area (Å²) in [5.74, 6) is -0.0971. The van der Waals surface area contributed by atoms with Gasteiger partial charge in [0.15, 0.2) is 0 Å². The lowest BCUT2D eigenvalue weighted by Crippen LogP contribution is -2.03. The van der Waals surface area contributed by atoms with Crippen LogP contribution in [-0.4, -0.2) is 12.3 Å². The van der Waals surface area contributed by atoms with Crippen molar-refractivity contribution < 1.29 is 14.3 Å². The molecule has 4 heteroatoms. The van der Waals surface area contributed by atoms with Crippen LogP contribution in [0.1, 0.15) is 15.9 Å². The summed E-state index contributed by atoms with van der Waals surface area (Å²) in [6, 6.07) is 13.4. The number of hydrogen-bond donors (Lipinski definition) is 0. The summed E-state index contributed by atoms with van der Waals surface area (Å²) in [4.78, 5) is 22.1. The van der Waals surface area contributed by atoms with Crippen LogP contribution >= 0.6 is 11.6 Å². The molecular formula is C16H11ClO3. The highest BCUT2D eigenvalue weighted by Crippen LogP contribution is 2.13. The Kier molecular flexibility index (Phi) is 4.69. The summed E-state index contributed by atoms with van der Waals surface area (Å²) >= 11 is 5.77. The van der Waals surface area contributed by atoms with Gasteiger partial charge >= 0.3 is 5.97 Å². The summed E-state index contributed by atoms with van der Waals surface area (Å²) < 4.78 is 5.09. The maximum Gasteiger partial charge on any atom is 0.336 e. The standard InChI is InChI=1S/C16H11ClO3/c17-14-6-1-12(2-7-14)5-10-16(19)20-15-8-3-13(11-18)4-9-15/h1-11H/b10-5+. The molecule has 0 spiro atoms. The van der Waals surface area contributed by atoms with Gasteiger partial charge in [0, 0.05) is 16.7 Å². The number of halogens is 1. The predicted molar refractivity (Wildman–Crippen MR) is 78.0 cm³/mol. The minimum atomic E-state index is -0.487. The average molecular weight is 287 g/mol. The van der Waals surface area contributed by atoms with Gasteiger partial charge in [-0.1, -0.05) is 23.7 Å². The Hall–Kier alpha value is -2.39. The second-order valence-electron chi connectivity index (χ2n) is 3.99. The smallest absolute Gasteiger partial charge is 0.336 e. The summed E-state index contributed by atoms with van der Waals surface area (Å²) in [6.45, 7) is 0. The van der Waals surface area contributed by atoms with Gasteiger partial charge in [0.2, 0.25) is 0 Å². The van der Waals surface area contributed by atoms with Gasteiger partial charge in [0.1, 0.15) is 12.0 Å². The predicted octanol–water partition coefficient (Wildman–Crippen LogP) is 3.77. The number of ether oxygens (including phenoxy) is 1. The minimum absolute atomic E-state index is 0.390. The van der Waals surface area contributed by atoms with Gasteiger partial charge in [-0.3, -0.25) is 4.79 Å². The second kappa shape index (κ2) is 6.68. The van der Waals surface area contributed by atoms with Crippen LogP contribution in [0.5, 0.6) is 5.75 Å². The largest absolute Gasteiger partial charge is 0.423 e. The first-order chi connectivity index (χ1) is 9.67. The molecule has 0 heterocycles. The Morgan fingerprint density at radius 3 is 2.15 bits per heavy atom. The molecule has 20 heavy (non-hydrogen) atoms. The van der Waals surface area contributed by atoms with Crippen molar-refractivity contribution in [3.8, 4) is 5.75 Å². The monoisotopic (exact) mass is 286 g/mol. The van der Waals surface area contributed by atoms with Crippen LogP contribution in [0, 0.1) is 0 Å². The van der Waals surface area contributed by atoms with E-state index in [0.29, 0.717) is 16.3 Å². The lowest BCUT2D eigenvalue weighted by Gasteiger charge is -2.01. The number of carbonyl (C=O) groups excluding carboxylic acids is 2. The van der Waals surface area contributed by atoms with E-state index in [2.05, 4.69) is 0 Å². The molecule has 0 saturated carbocycles. The maximum absolute atomic E-state index is 11.6. The van der Waals surface area contributed by atoms with Gasteiger partial charge in [-0.2, -0.15) is 0 Å². The van der Waals surface area contributed by atoms with Crippen LogP contribution in [0.2, 0.25) is 5.02 Å². The minimum Gasteiger partial charge on any atom is -0.423 e. The maximum atomic E-state index is 11.6. The third kappa shape index (κ3) is 4.07. The van der Waals surface area contributed by atoms with Crippen molar-refractivity contribution in [3.05, 3.63) is 70.8 Å². The highest BCUT2D eigenvalue weighted by molar-refractivity contribution is 6.30. The Balaban J connectivity index is 1.97. The molecular weight excluding hydrogens is 276 g/mol. The van der Waals surface area contributed by atoms with E-state index in [-0.39, 0.29) is 0 Å².